The third-order valence-electron chi connectivity index (χ3n) is 2.95. The Bertz CT molecular complexity index is 580. The Labute approximate surface area is 103 Å². The third kappa shape index (κ3) is 2.22. The van der Waals surface area contributed by atoms with Gasteiger partial charge < -0.3 is 4.90 Å². The maximum absolute atomic E-state index is 13.7. The minimum atomic E-state index is -4.79. The lowest BCUT2D eigenvalue weighted by atomic mass is 10.2. The minimum absolute atomic E-state index is 0.0219. The van der Waals surface area contributed by atoms with E-state index >= 15 is 0 Å². The Kier molecular flexibility index (Phi) is 3.10. The van der Waals surface area contributed by atoms with Gasteiger partial charge in [0, 0.05) is 13.0 Å². The van der Waals surface area contributed by atoms with E-state index < -0.39 is 33.6 Å². The molecule has 0 saturated carbocycles. The lowest BCUT2D eigenvalue weighted by Crippen LogP contribution is -2.28. The molecule has 4 nitrogen and oxygen atoms in total. The number of carbonyl (C=O) groups is 1. The van der Waals surface area contributed by atoms with Crippen molar-refractivity contribution in [1.29, 1.82) is 0 Å². The van der Waals surface area contributed by atoms with E-state index in [0.717, 1.165) is 4.90 Å². The highest BCUT2D eigenvalue weighted by Gasteiger charge is 2.40. The van der Waals surface area contributed by atoms with Crippen LogP contribution in [0, 0.1) is 12.7 Å². The van der Waals surface area contributed by atoms with Gasteiger partial charge in [0.2, 0.25) is 5.91 Å². The van der Waals surface area contributed by atoms with Crippen molar-refractivity contribution in [3.05, 3.63) is 29.6 Å². The second-order valence-electron chi connectivity index (χ2n) is 4.21. The molecule has 0 N–H and O–H groups in total. The predicted octanol–water partition coefficient (Wildman–Crippen LogP) is 1.54. The fourth-order valence-corrected chi connectivity index (χ4v) is 2.71. The number of hydrogen-bond donors (Lipinski definition) is 0. The molecule has 0 spiro atoms. The molecule has 1 heterocycles. The van der Waals surface area contributed by atoms with Crippen molar-refractivity contribution in [3.8, 4) is 0 Å². The van der Waals surface area contributed by atoms with Gasteiger partial charge in [-0.1, -0.05) is 12.1 Å². The van der Waals surface area contributed by atoms with E-state index in [1.807, 2.05) is 0 Å². The first kappa shape index (κ1) is 12.9. The standard InChI is InChI=1S/C11H11F2NO3S/c1-7-3-2-4-9(12)11(7)14-6-8(5-10(14)15)18(13,16)17/h2-4,8H,5-6H2,1H3. The van der Waals surface area contributed by atoms with Crippen molar-refractivity contribution in [2.45, 2.75) is 18.6 Å². The summed E-state index contributed by atoms with van der Waals surface area (Å²) < 4.78 is 48.1. The van der Waals surface area contributed by atoms with Gasteiger partial charge in [0.15, 0.2) is 0 Å². The zero-order chi connectivity index (χ0) is 13.5. The number of anilines is 1. The Morgan fingerprint density at radius 2 is 2.06 bits per heavy atom. The smallest absolute Gasteiger partial charge is 0.307 e. The van der Waals surface area contributed by atoms with E-state index in [2.05, 4.69) is 0 Å². The summed E-state index contributed by atoms with van der Waals surface area (Å²) in [4.78, 5) is 12.7. The number of carbonyl (C=O) groups excluding carboxylic acids is 1. The monoisotopic (exact) mass is 275 g/mol. The summed E-state index contributed by atoms with van der Waals surface area (Å²) in [6.07, 6.45) is -0.452. The highest BCUT2D eigenvalue weighted by atomic mass is 32.3. The normalized spacial score (nSPS) is 20.5. The second kappa shape index (κ2) is 4.31. The van der Waals surface area contributed by atoms with Crippen molar-refractivity contribution < 1.29 is 21.5 Å². The van der Waals surface area contributed by atoms with Gasteiger partial charge in [-0.2, -0.15) is 8.42 Å². The maximum Gasteiger partial charge on any atom is 0.307 e. The topological polar surface area (TPSA) is 54.5 Å². The van der Waals surface area contributed by atoms with Gasteiger partial charge in [-0.05, 0) is 18.6 Å². The van der Waals surface area contributed by atoms with Crippen molar-refractivity contribution in [2.24, 2.45) is 0 Å². The molecule has 1 aliphatic rings. The van der Waals surface area contributed by atoms with Gasteiger partial charge in [0.05, 0.1) is 5.69 Å². The largest absolute Gasteiger partial charge is 0.308 e. The zero-order valence-electron chi connectivity index (χ0n) is 9.56. The van der Waals surface area contributed by atoms with Crippen LogP contribution in [0.4, 0.5) is 14.0 Å². The van der Waals surface area contributed by atoms with Crippen LogP contribution >= 0.6 is 0 Å². The zero-order valence-corrected chi connectivity index (χ0v) is 10.4. The molecule has 2 rings (SSSR count). The summed E-state index contributed by atoms with van der Waals surface area (Å²) >= 11 is 0. The molecule has 0 bridgehead atoms. The number of para-hydroxylation sites is 1. The number of aryl methyl sites for hydroxylation is 1. The van der Waals surface area contributed by atoms with Crippen LogP contribution in [-0.2, 0) is 15.0 Å². The number of rotatable bonds is 2. The molecule has 0 radical (unpaired) electrons. The molecular formula is C11H11F2NO3S. The Morgan fingerprint density at radius 1 is 1.39 bits per heavy atom. The molecule has 98 valence electrons. The summed E-state index contributed by atoms with van der Waals surface area (Å²) in [5.74, 6) is -1.21. The Balaban J connectivity index is 2.39. The first-order valence-electron chi connectivity index (χ1n) is 5.29. The number of benzene rings is 1. The van der Waals surface area contributed by atoms with Crippen LogP contribution in [-0.4, -0.2) is 26.1 Å². The summed E-state index contributed by atoms with van der Waals surface area (Å²) in [6.45, 7) is 1.25. The van der Waals surface area contributed by atoms with Gasteiger partial charge in [0.1, 0.15) is 11.1 Å². The first-order chi connectivity index (χ1) is 8.30. The molecule has 1 aromatic carbocycles. The van der Waals surface area contributed by atoms with Gasteiger partial charge >= 0.3 is 10.2 Å². The molecule has 1 aromatic rings. The minimum Gasteiger partial charge on any atom is -0.308 e. The van der Waals surface area contributed by atoms with Crippen LogP contribution < -0.4 is 4.90 Å². The van der Waals surface area contributed by atoms with Gasteiger partial charge in [0.25, 0.3) is 0 Å². The molecule has 1 aliphatic heterocycles. The summed E-state index contributed by atoms with van der Waals surface area (Å²) in [5, 5.41) is -1.41. The van der Waals surface area contributed by atoms with E-state index in [1.165, 1.54) is 12.1 Å². The van der Waals surface area contributed by atoms with E-state index in [1.54, 1.807) is 13.0 Å². The number of halogens is 2. The molecular weight excluding hydrogens is 264 g/mol. The van der Waals surface area contributed by atoms with Crippen molar-refractivity contribution in [2.75, 3.05) is 11.4 Å². The Morgan fingerprint density at radius 3 is 2.56 bits per heavy atom. The maximum atomic E-state index is 13.7. The second-order valence-corrected chi connectivity index (χ2v) is 5.83. The number of amides is 1. The Hall–Kier alpha value is -1.50. The lowest BCUT2D eigenvalue weighted by Gasteiger charge is -2.19. The van der Waals surface area contributed by atoms with E-state index in [0.29, 0.717) is 5.56 Å². The fourth-order valence-electron chi connectivity index (χ4n) is 2.04. The van der Waals surface area contributed by atoms with E-state index in [9.17, 15) is 21.5 Å². The van der Waals surface area contributed by atoms with Gasteiger partial charge in [-0.15, -0.1) is 3.89 Å². The first-order valence-corrected chi connectivity index (χ1v) is 6.74. The SMILES string of the molecule is Cc1cccc(F)c1N1CC(S(=O)(=O)F)CC1=O. The molecule has 1 saturated heterocycles. The van der Waals surface area contributed by atoms with Crippen molar-refractivity contribution >= 4 is 21.8 Å². The van der Waals surface area contributed by atoms with Crippen LogP contribution in [0.3, 0.4) is 0 Å². The predicted molar refractivity (Wildman–Crippen MR) is 61.9 cm³/mol. The highest BCUT2D eigenvalue weighted by Crippen LogP contribution is 2.30. The molecule has 1 unspecified atom stereocenters. The van der Waals surface area contributed by atoms with Crippen molar-refractivity contribution in [3.63, 3.8) is 0 Å². The van der Waals surface area contributed by atoms with Crippen LogP contribution in [0.25, 0.3) is 0 Å². The van der Waals surface area contributed by atoms with Crippen LogP contribution in [0.2, 0.25) is 0 Å². The summed E-state index contributed by atoms with van der Waals surface area (Å²) in [5.41, 5.74) is 0.522. The van der Waals surface area contributed by atoms with Crippen LogP contribution in [0.15, 0.2) is 18.2 Å². The number of hydrogen-bond acceptors (Lipinski definition) is 3. The molecule has 0 aliphatic carbocycles. The molecule has 1 amide bonds. The molecule has 0 aromatic heterocycles. The lowest BCUT2D eigenvalue weighted by molar-refractivity contribution is -0.117. The quantitative estimate of drug-likeness (QED) is 0.769. The average molecular weight is 275 g/mol. The summed E-state index contributed by atoms with van der Waals surface area (Å²) in [6, 6.07) is 4.26. The van der Waals surface area contributed by atoms with Gasteiger partial charge in [-0.3, -0.25) is 4.79 Å². The molecule has 1 atom stereocenters. The summed E-state index contributed by atoms with van der Waals surface area (Å²) in [7, 11) is -4.79. The highest BCUT2D eigenvalue weighted by molar-refractivity contribution is 7.87. The molecule has 1 fully saturated rings. The van der Waals surface area contributed by atoms with Crippen LogP contribution in [0.1, 0.15) is 12.0 Å². The average Bonchev–Trinajstić information content (AvgIpc) is 2.60. The third-order valence-corrected chi connectivity index (χ3v) is 4.06. The van der Waals surface area contributed by atoms with E-state index in [4.69, 9.17) is 0 Å². The fraction of sp³-hybridized carbons (Fsp3) is 0.364. The number of nitrogens with zero attached hydrogens (tertiary/aromatic N) is 1. The van der Waals surface area contributed by atoms with Gasteiger partial charge in [-0.25, -0.2) is 4.39 Å². The molecule has 18 heavy (non-hydrogen) atoms. The molecule has 7 heteroatoms. The van der Waals surface area contributed by atoms with Crippen LogP contribution in [0.5, 0.6) is 0 Å². The van der Waals surface area contributed by atoms with E-state index in [-0.39, 0.29) is 12.2 Å². The van der Waals surface area contributed by atoms with Crippen molar-refractivity contribution in [1.82, 2.24) is 0 Å².